The van der Waals surface area contributed by atoms with Gasteiger partial charge in [0, 0.05) is 11.4 Å². The number of hydrogen-bond donors (Lipinski definition) is 1. The van der Waals surface area contributed by atoms with Gasteiger partial charge in [-0.2, -0.15) is 0 Å². The molecule has 0 unspecified atom stereocenters. The third-order valence-electron chi connectivity index (χ3n) is 3.83. The molecule has 0 atom stereocenters. The Bertz CT molecular complexity index is 666. The molecule has 1 aliphatic rings. The lowest BCUT2D eigenvalue weighted by molar-refractivity contribution is 0.334. The van der Waals surface area contributed by atoms with Crippen molar-refractivity contribution < 1.29 is 8.42 Å². The quantitative estimate of drug-likeness (QED) is 0.831. The number of likely N-dealkylation sites (tertiary alicyclic amines) is 1. The predicted molar refractivity (Wildman–Crippen MR) is 95.5 cm³/mol. The van der Waals surface area contributed by atoms with Gasteiger partial charge in [-0.15, -0.1) is 23.7 Å². The Morgan fingerprint density at radius 2 is 1.73 bits per heavy atom. The minimum Gasteiger partial charge on any atom is -0.298 e. The summed E-state index contributed by atoms with van der Waals surface area (Å²) in [6.45, 7) is 3.49. The first kappa shape index (κ1) is 17.5. The van der Waals surface area contributed by atoms with Crippen LogP contribution in [-0.2, 0) is 23.0 Å². The standard InChI is InChI=1S/C16H19NO2S2.ClH/c18-21(19)12-13-3-5-14(6-4-13)15-9-16(20-11-15)10-17-7-1-2-8-17;/h3-6,9,11,21H,1-2,7-8,10,12H2;1H. The molecule has 1 aliphatic heterocycles. The molecule has 2 heterocycles. The number of thiophene rings is 1. The van der Waals surface area contributed by atoms with Gasteiger partial charge in [0.2, 0.25) is 0 Å². The molecule has 6 heteroatoms. The van der Waals surface area contributed by atoms with E-state index in [9.17, 15) is 8.42 Å². The van der Waals surface area contributed by atoms with Crippen molar-refractivity contribution in [2.45, 2.75) is 25.1 Å². The number of thiol groups is 1. The first-order chi connectivity index (χ1) is 10.2. The van der Waals surface area contributed by atoms with E-state index in [1.807, 2.05) is 35.6 Å². The lowest BCUT2D eigenvalue weighted by Gasteiger charge is -2.12. The molecule has 0 N–H and O–H groups in total. The maximum Gasteiger partial charge on any atom is 0.144 e. The highest BCUT2D eigenvalue weighted by molar-refractivity contribution is 7.71. The molecule has 0 aliphatic carbocycles. The first-order valence-electron chi connectivity index (χ1n) is 7.21. The van der Waals surface area contributed by atoms with Crippen LogP contribution >= 0.6 is 23.7 Å². The average Bonchev–Trinajstić information content (AvgIpc) is 3.11. The normalized spacial score (nSPS) is 15.1. The Morgan fingerprint density at radius 3 is 2.36 bits per heavy atom. The van der Waals surface area contributed by atoms with E-state index in [1.54, 1.807) is 0 Å². The van der Waals surface area contributed by atoms with Crippen molar-refractivity contribution in [2.24, 2.45) is 0 Å². The van der Waals surface area contributed by atoms with Gasteiger partial charge in [0.05, 0.1) is 5.75 Å². The fourth-order valence-electron chi connectivity index (χ4n) is 2.73. The second-order valence-electron chi connectivity index (χ2n) is 5.47. The summed E-state index contributed by atoms with van der Waals surface area (Å²) >= 11 is 1.81. The van der Waals surface area contributed by atoms with Gasteiger partial charge >= 0.3 is 0 Å². The van der Waals surface area contributed by atoms with Gasteiger partial charge in [-0.05, 0) is 54.1 Å². The fourth-order valence-corrected chi connectivity index (χ4v) is 4.17. The van der Waals surface area contributed by atoms with E-state index < -0.39 is 10.7 Å². The molecule has 1 aromatic heterocycles. The maximum absolute atomic E-state index is 10.7. The van der Waals surface area contributed by atoms with E-state index in [-0.39, 0.29) is 18.2 Å². The van der Waals surface area contributed by atoms with Crippen LogP contribution in [0.4, 0.5) is 0 Å². The molecule has 0 saturated carbocycles. The summed E-state index contributed by atoms with van der Waals surface area (Å²) in [5.74, 6) is 0.124. The maximum atomic E-state index is 10.7. The van der Waals surface area contributed by atoms with Gasteiger partial charge in [-0.3, -0.25) is 4.90 Å². The van der Waals surface area contributed by atoms with Crippen LogP contribution in [0.5, 0.6) is 0 Å². The van der Waals surface area contributed by atoms with Crippen molar-refractivity contribution in [2.75, 3.05) is 13.1 Å². The van der Waals surface area contributed by atoms with Crippen LogP contribution in [0.1, 0.15) is 23.3 Å². The SMILES string of the molecule is Cl.O=[SH](=O)Cc1ccc(-c2csc(CN3CCCC3)c2)cc1. The van der Waals surface area contributed by atoms with Crippen molar-refractivity contribution >= 4 is 34.4 Å². The van der Waals surface area contributed by atoms with Crippen molar-refractivity contribution in [3.05, 3.63) is 46.2 Å². The number of hydrogen-bond acceptors (Lipinski definition) is 4. The van der Waals surface area contributed by atoms with Crippen molar-refractivity contribution in [1.82, 2.24) is 4.90 Å². The third kappa shape index (κ3) is 4.56. The van der Waals surface area contributed by atoms with Gasteiger partial charge in [-0.25, -0.2) is 8.42 Å². The summed E-state index contributed by atoms with van der Waals surface area (Å²) in [7, 11) is -2.35. The highest BCUT2D eigenvalue weighted by atomic mass is 35.5. The van der Waals surface area contributed by atoms with Crippen LogP contribution < -0.4 is 0 Å². The fraction of sp³-hybridized carbons (Fsp3) is 0.375. The second-order valence-corrected chi connectivity index (χ2v) is 7.45. The molecule has 0 radical (unpaired) electrons. The average molecular weight is 358 g/mol. The zero-order chi connectivity index (χ0) is 14.7. The molecule has 1 saturated heterocycles. The van der Waals surface area contributed by atoms with Crippen molar-refractivity contribution in [3.63, 3.8) is 0 Å². The molecule has 3 nitrogen and oxygen atoms in total. The van der Waals surface area contributed by atoms with Crippen molar-refractivity contribution in [1.29, 1.82) is 0 Å². The van der Waals surface area contributed by atoms with Crippen molar-refractivity contribution in [3.8, 4) is 11.1 Å². The number of benzene rings is 1. The van der Waals surface area contributed by atoms with E-state index in [2.05, 4.69) is 16.3 Å². The lowest BCUT2D eigenvalue weighted by Crippen LogP contribution is -2.17. The molecule has 120 valence electrons. The van der Waals surface area contributed by atoms with Gasteiger partial charge < -0.3 is 0 Å². The first-order valence-corrected chi connectivity index (χ1v) is 9.46. The highest BCUT2D eigenvalue weighted by Gasteiger charge is 2.13. The van der Waals surface area contributed by atoms with Gasteiger partial charge in [0.15, 0.2) is 0 Å². The molecular weight excluding hydrogens is 338 g/mol. The van der Waals surface area contributed by atoms with Gasteiger partial charge in [0.25, 0.3) is 0 Å². The smallest absolute Gasteiger partial charge is 0.144 e. The van der Waals surface area contributed by atoms with Gasteiger partial charge in [-0.1, -0.05) is 24.3 Å². The molecule has 2 aromatic rings. The summed E-state index contributed by atoms with van der Waals surface area (Å²) in [4.78, 5) is 3.90. The number of nitrogens with zero attached hydrogens (tertiary/aromatic N) is 1. The zero-order valence-electron chi connectivity index (χ0n) is 12.2. The topological polar surface area (TPSA) is 37.4 Å². The third-order valence-corrected chi connectivity index (χ3v) is 5.38. The molecular formula is C16H20ClNO2S2. The molecule has 0 spiro atoms. The van der Waals surface area contributed by atoms with Crippen LogP contribution in [0.15, 0.2) is 35.7 Å². The second kappa shape index (κ2) is 8.11. The summed E-state index contributed by atoms with van der Waals surface area (Å²) in [5.41, 5.74) is 3.23. The summed E-state index contributed by atoms with van der Waals surface area (Å²) in [6, 6.07) is 10.1. The summed E-state index contributed by atoms with van der Waals surface area (Å²) < 4.78 is 21.5. The molecule has 0 bridgehead atoms. The van der Waals surface area contributed by atoms with E-state index in [0.29, 0.717) is 0 Å². The summed E-state index contributed by atoms with van der Waals surface area (Å²) in [5, 5.41) is 2.19. The Hall–Kier alpha value is -0.880. The Morgan fingerprint density at radius 1 is 1.05 bits per heavy atom. The zero-order valence-corrected chi connectivity index (χ0v) is 14.8. The molecule has 1 aromatic carbocycles. The van der Waals surface area contributed by atoms with Crippen LogP contribution in [0.25, 0.3) is 11.1 Å². The lowest BCUT2D eigenvalue weighted by atomic mass is 10.1. The minimum absolute atomic E-state index is 0. The Balaban J connectivity index is 0.00000176. The number of rotatable bonds is 5. The monoisotopic (exact) mass is 357 g/mol. The summed E-state index contributed by atoms with van der Waals surface area (Å²) in [6.07, 6.45) is 2.64. The van der Waals surface area contributed by atoms with E-state index in [4.69, 9.17) is 0 Å². The minimum atomic E-state index is -2.35. The van der Waals surface area contributed by atoms with E-state index >= 15 is 0 Å². The van der Waals surface area contributed by atoms with Crippen LogP contribution in [0.2, 0.25) is 0 Å². The molecule has 1 fully saturated rings. The number of halogens is 1. The van der Waals surface area contributed by atoms with Crippen LogP contribution in [-0.4, -0.2) is 26.4 Å². The predicted octanol–water partition coefficient (Wildman–Crippen LogP) is 3.54. The van der Waals surface area contributed by atoms with E-state index in [0.717, 1.165) is 17.7 Å². The Labute approximate surface area is 143 Å². The molecule has 22 heavy (non-hydrogen) atoms. The van der Waals surface area contributed by atoms with Crippen LogP contribution in [0, 0.1) is 0 Å². The largest absolute Gasteiger partial charge is 0.298 e. The highest BCUT2D eigenvalue weighted by Crippen LogP contribution is 2.27. The van der Waals surface area contributed by atoms with E-state index in [1.165, 1.54) is 36.4 Å². The molecule has 0 amide bonds. The molecule has 3 rings (SSSR count). The van der Waals surface area contributed by atoms with Crippen LogP contribution in [0.3, 0.4) is 0 Å². The van der Waals surface area contributed by atoms with Gasteiger partial charge in [0.1, 0.15) is 10.7 Å². The Kier molecular flexibility index (Phi) is 6.44.